The fraction of sp³-hybridized carbons (Fsp3) is 1.00. The minimum Gasteiger partial charge on any atom is -0.368 e. The molecule has 2 nitrogen and oxygen atoms in total. The number of aliphatic hydroxyl groups is 1. The molecule has 0 amide bonds. The predicted molar refractivity (Wildman–Crippen MR) is 62.7 cm³/mol. The molecule has 15 heavy (non-hydrogen) atoms. The van der Waals surface area contributed by atoms with Gasteiger partial charge in [-0.3, -0.25) is 0 Å². The Morgan fingerprint density at radius 2 is 1.87 bits per heavy atom. The molecule has 90 valence electrons. The summed E-state index contributed by atoms with van der Waals surface area (Å²) in [5.74, 6) is 0.637. The average Bonchev–Trinajstić information content (AvgIpc) is 2.30. The zero-order chi connectivity index (χ0) is 11.3. The van der Waals surface area contributed by atoms with Gasteiger partial charge in [-0.1, -0.05) is 33.1 Å². The summed E-state index contributed by atoms with van der Waals surface area (Å²) in [7, 11) is 0. The van der Waals surface area contributed by atoms with Gasteiger partial charge < -0.3 is 9.84 Å². The SMILES string of the molecule is CCC(O)OC(C)(CC)C1CCCCC1. The third-order valence-corrected chi connectivity index (χ3v) is 3.93. The van der Waals surface area contributed by atoms with Crippen molar-refractivity contribution in [3.8, 4) is 0 Å². The summed E-state index contributed by atoms with van der Waals surface area (Å²) in [5, 5.41) is 9.63. The Morgan fingerprint density at radius 3 is 2.33 bits per heavy atom. The van der Waals surface area contributed by atoms with Crippen molar-refractivity contribution in [3.05, 3.63) is 0 Å². The molecule has 2 heteroatoms. The van der Waals surface area contributed by atoms with Crippen LogP contribution in [0.15, 0.2) is 0 Å². The van der Waals surface area contributed by atoms with E-state index in [0.29, 0.717) is 12.3 Å². The van der Waals surface area contributed by atoms with E-state index in [1.807, 2.05) is 6.92 Å². The molecule has 0 heterocycles. The quantitative estimate of drug-likeness (QED) is 0.710. The van der Waals surface area contributed by atoms with Crippen LogP contribution in [-0.4, -0.2) is 17.0 Å². The van der Waals surface area contributed by atoms with Crippen LogP contribution in [0, 0.1) is 5.92 Å². The summed E-state index contributed by atoms with van der Waals surface area (Å²) in [5.41, 5.74) is -0.115. The van der Waals surface area contributed by atoms with Crippen molar-refractivity contribution in [2.45, 2.75) is 77.6 Å². The zero-order valence-corrected chi connectivity index (χ0v) is 10.5. The van der Waals surface area contributed by atoms with Gasteiger partial charge in [0.2, 0.25) is 0 Å². The Kier molecular flexibility index (Phi) is 5.07. The molecule has 2 unspecified atom stereocenters. The van der Waals surface area contributed by atoms with E-state index >= 15 is 0 Å². The summed E-state index contributed by atoms with van der Waals surface area (Å²) in [6, 6.07) is 0. The van der Waals surface area contributed by atoms with Crippen LogP contribution in [0.25, 0.3) is 0 Å². The summed E-state index contributed by atoms with van der Waals surface area (Å²) < 4.78 is 5.83. The van der Waals surface area contributed by atoms with Crippen LogP contribution in [0.4, 0.5) is 0 Å². The van der Waals surface area contributed by atoms with Gasteiger partial charge in [0.15, 0.2) is 6.29 Å². The van der Waals surface area contributed by atoms with Gasteiger partial charge in [0.1, 0.15) is 0 Å². The lowest BCUT2D eigenvalue weighted by Gasteiger charge is -2.40. The van der Waals surface area contributed by atoms with Gasteiger partial charge in [-0.25, -0.2) is 0 Å². The Balaban J connectivity index is 2.56. The fourth-order valence-electron chi connectivity index (χ4n) is 2.58. The Bertz CT molecular complexity index is 175. The van der Waals surface area contributed by atoms with E-state index in [9.17, 15) is 5.11 Å². The Labute approximate surface area is 94.0 Å². The first kappa shape index (κ1) is 13.0. The van der Waals surface area contributed by atoms with Crippen molar-refractivity contribution in [1.29, 1.82) is 0 Å². The van der Waals surface area contributed by atoms with Crippen molar-refractivity contribution in [3.63, 3.8) is 0 Å². The monoisotopic (exact) mass is 214 g/mol. The van der Waals surface area contributed by atoms with Gasteiger partial charge in [0.25, 0.3) is 0 Å². The molecule has 0 saturated heterocycles. The molecule has 1 saturated carbocycles. The first-order valence-corrected chi connectivity index (χ1v) is 6.48. The fourth-order valence-corrected chi connectivity index (χ4v) is 2.58. The van der Waals surface area contributed by atoms with Crippen molar-refractivity contribution in [1.82, 2.24) is 0 Å². The maximum Gasteiger partial charge on any atom is 0.155 e. The zero-order valence-electron chi connectivity index (χ0n) is 10.5. The molecule has 1 rings (SSSR count). The van der Waals surface area contributed by atoms with E-state index in [0.717, 1.165) is 6.42 Å². The van der Waals surface area contributed by atoms with E-state index in [-0.39, 0.29) is 5.60 Å². The lowest BCUT2D eigenvalue weighted by atomic mass is 9.76. The van der Waals surface area contributed by atoms with Crippen LogP contribution >= 0.6 is 0 Å². The third kappa shape index (κ3) is 3.46. The van der Waals surface area contributed by atoms with Crippen molar-refractivity contribution >= 4 is 0 Å². The number of rotatable bonds is 5. The average molecular weight is 214 g/mol. The van der Waals surface area contributed by atoms with E-state index in [1.54, 1.807) is 0 Å². The minimum atomic E-state index is -0.586. The largest absolute Gasteiger partial charge is 0.368 e. The van der Waals surface area contributed by atoms with Crippen LogP contribution < -0.4 is 0 Å². The van der Waals surface area contributed by atoms with E-state index in [1.165, 1.54) is 32.1 Å². The van der Waals surface area contributed by atoms with Gasteiger partial charge in [-0.05, 0) is 38.5 Å². The van der Waals surface area contributed by atoms with Crippen molar-refractivity contribution in [2.24, 2.45) is 5.92 Å². The van der Waals surface area contributed by atoms with Gasteiger partial charge >= 0.3 is 0 Å². The van der Waals surface area contributed by atoms with Crippen LogP contribution in [0.2, 0.25) is 0 Å². The molecule has 0 aromatic carbocycles. The van der Waals surface area contributed by atoms with Crippen molar-refractivity contribution in [2.75, 3.05) is 0 Å². The lowest BCUT2D eigenvalue weighted by Crippen LogP contribution is -2.41. The Morgan fingerprint density at radius 1 is 1.27 bits per heavy atom. The number of hydrogen-bond donors (Lipinski definition) is 1. The van der Waals surface area contributed by atoms with E-state index < -0.39 is 6.29 Å². The normalized spacial score (nSPS) is 24.8. The molecule has 0 aromatic heterocycles. The number of ether oxygens (including phenoxy) is 1. The second-order valence-corrected chi connectivity index (χ2v) is 4.98. The van der Waals surface area contributed by atoms with Crippen LogP contribution in [0.1, 0.15) is 65.7 Å². The second kappa shape index (κ2) is 5.86. The topological polar surface area (TPSA) is 29.5 Å². The van der Waals surface area contributed by atoms with Gasteiger partial charge in [0, 0.05) is 0 Å². The Hall–Kier alpha value is -0.0800. The van der Waals surface area contributed by atoms with Gasteiger partial charge in [-0.2, -0.15) is 0 Å². The molecule has 1 aliphatic carbocycles. The minimum absolute atomic E-state index is 0.115. The molecule has 0 radical (unpaired) electrons. The smallest absolute Gasteiger partial charge is 0.155 e. The van der Waals surface area contributed by atoms with Crippen molar-refractivity contribution < 1.29 is 9.84 Å². The highest BCUT2D eigenvalue weighted by atomic mass is 16.6. The maximum atomic E-state index is 9.63. The second-order valence-electron chi connectivity index (χ2n) is 4.98. The van der Waals surface area contributed by atoms with Crippen LogP contribution in [0.3, 0.4) is 0 Å². The highest BCUT2D eigenvalue weighted by Gasteiger charge is 2.35. The van der Waals surface area contributed by atoms with Crippen LogP contribution in [-0.2, 0) is 4.74 Å². The highest BCUT2D eigenvalue weighted by Crippen LogP contribution is 2.37. The number of aliphatic hydroxyl groups excluding tert-OH is 1. The molecule has 0 aromatic rings. The lowest BCUT2D eigenvalue weighted by molar-refractivity contribution is -0.204. The maximum absolute atomic E-state index is 9.63. The molecule has 1 aliphatic rings. The summed E-state index contributed by atoms with van der Waals surface area (Å²) >= 11 is 0. The summed E-state index contributed by atoms with van der Waals surface area (Å²) in [6.45, 7) is 6.29. The van der Waals surface area contributed by atoms with Crippen LogP contribution in [0.5, 0.6) is 0 Å². The molecule has 1 N–H and O–H groups in total. The summed E-state index contributed by atoms with van der Waals surface area (Å²) in [6.07, 6.45) is 7.64. The standard InChI is InChI=1S/C13H26O2/c1-4-12(14)15-13(3,5-2)11-9-7-6-8-10-11/h11-12,14H,4-10H2,1-3H3. The predicted octanol–water partition coefficient (Wildman–Crippen LogP) is 3.48. The van der Waals surface area contributed by atoms with Gasteiger partial charge in [0.05, 0.1) is 5.60 Å². The first-order valence-electron chi connectivity index (χ1n) is 6.48. The molecule has 1 fully saturated rings. The van der Waals surface area contributed by atoms with E-state index in [2.05, 4.69) is 13.8 Å². The molecule has 0 spiro atoms. The summed E-state index contributed by atoms with van der Waals surface area (Å²) in [4.78, 5) is 0. The van der Waals surface area contributed by atoms with E-state index in [4.69, 9.17) is 4.74 Å². The molecule has 2 atom stereocenters. The molecular weight excluding hydrogens is 188 g/mol. The van der Waals surface area contributed by atoms with Gasteiger partial charge in [-0.15, -0.1) is 0 Å². The molecule has 0 bridgehead atoms. The third-order valence-electron chi connectivity index (χ3n) is 3.93. The first-order chi connectivity index (χ1) is 7.12. The number of hydrogen-bond acceptors (Lipinski definition) is 2. The molecule has 0 aliphatic heterocycles. The molecular formula is C13H26O2. The highest BCUT2D eigenvalue weighted by molar-refractivity contribution is 4.85.